The lowest BCUT2D eigenvalue weighted by Crippen LogP contribution is -2.17. The van der Waals surface area contributed by atoms with Crippen molar-refractivity contribution in [3.05, 3.63) is 34.7 Å². The average molecular weight is 296 g/mol. The maximum Gasteiger partial charge on any atom is 0.275 e. The van der Waals surface area contributed by atoms with E-state index in [1.54, 1.807) is 25.4 Å². The van der Waals surface area contributed by atoms with E-state index in [1.165, 1.54) is 10.9 Å². The summed E-state index contributed by atoms with van der Waals surface area (Å²) < 4.78 is 2.12. The summed E-state index contributed by atoms with van der Waals surface area (Å²) in [7, 11) is 1.69. The first kappa shape index (κ1) is 11.6. The van der Waals surface area contributed by atoms with Crippen molar-refractivity contribution in [2.45, 2.75) is 0 Å². The Bertz CT molecular complexity index is 566. The molecule has 0 spiro atoms. The summed E-state index contributed by atoms with van der Waals surface area (Å²) in [6.45, 7) is 0. The highest BCUT2D eigenvalue weighted by molar-refractivity contribution is 9.10. The number of amides is 1. The Morgan fingerprint density at radius 3 is 2.94 bits per heavy atom. The molecule has 0 aliphatic heterocycles. The second-order valence-corrected chi connectivity index (χ2v) is 4.25. The van der Waals surface area contributed by atoms with E-state index in [1.807, 2.05) is 0 Å². The number of nitrogens with two attached hydrogens (primary N) is 1. The summed E-state index contributed by atoms with van der Waals surface area (Å²) in [5.41, 5.74) is 6.54. The summed E-state index contributed by atoms with van der Waals surface area (Å²) in [5, 5.41) is 6.59. The van der Waals surface area contributed by atoms with Gasteiger partial charge in [-0.15, -0.1) is 0 Å². The van der Waals surface area contributed by atoms with E-state index < -0.39 is 0 Å². The fourth-order valence-corrected chi connectivity index (χ4v) is 1.78. The lowest BCUT2D eigenvalue weighted by atomic mass is 10.3. The normalized spacial score (nSPS) is 10.2. The molecule has 0 bridgehead atoms. The van der Waals surface area contributed by atoms with Crippen LogP contribution in [0.2, 0.25) is 0 Å². The van der Waals surface area contributed by atoms with Gasteiger partial charge < -0.3 is 11.1 Å². The second-order valence-electron chi connectivity index (χ2n) is 3.39. The van der Waals surface area contributed by atoms with Crippen LogP contribution in [0.15, 0.2) is 29.0 Å². The zero-order valence-electron chi connectivity index (χ0n) is 9.01. The van der Waals surface area contributed by atoms with Crippen LogP contribution in [-0.2, 0) is 7.05 Å². The highest BCUT2D eigenvalue weighted by Gasteiger charge is 2.12. The van der Waals surface area contributed by atoms with Gasteiger partial charge in [-0.1, -0.05) is 0 Å². The minimum atomic E-state index is -0.275. The van der Waals surface area contributed by atoms with Gasteiger partial charge in [0, 0.05) is 13.2 Å². The van der Waals surface area contributed by atoms with Crippen molar-refractivity contribution >= 4 is 33.3 Å². The molecule has 0 aliphatic rings. The molecule has 0 saturated heterocycles. The molecular weight excluding hydrogens is 286 g/mol. The smallest absolute Gasteiger partial charge is 0.275 e. The van der Waals surface area contributed by atoms with Gasteiger partial charge in [-0.2, -0.15) is 5.10 Å². The Morgan fingerprint density at radius 2 is 2.35 bits per heavy atom. The van der Waals surface area contributed by atoms with E-state index in [9.17, 15) is 4.79 Å². The van der Waals surface area contributed by atoms with E-state index in [0.29, 0.717) is 21.7 Å². The molecule has 1 amide bonds. The number of anilines is 2. The number of carbonyl (C=O) groups is 1. The monoisotopic (exact) mass is 295 g/mol. The summed E-state index contributed by atoms with van der Waals surface area (Å²) in [5.74, 6) is 0.147. The topological polar surface area (TPSA) is 85.8 Å². The number of nitrogen functional groups attached to an aromatic ring is 1. The van der Waals surface area contributed by atoms with Gasteiger partial charge in [-0.25, -0.2) is 4.98 Å². The fraction of sp³-hybridized carbons (Fsp3) is 0.100. The fourth-order valence-electron chi connectivity index (χ4n) is 1.31. The zero-order valence-corrected chi connectivity index (χ0v) is 10.6. The van der Waals surface area contributed by atoms with Crippen LogP contribution in [0.1, 0.15) is 10.5 Å². The molecule has 0 aromatic carbocycles. The Morgan fingerprint density at radius 1 is 1.59 bits per heavy atom. The van der Waals surface area contributed by atoms with Crippen LogP contribution >= 0.6 is 15.9 Å². The summed E-state index contributed by atoms with van der Waals surface area (Å²) in [6, 6.07) is 3.30. The van der Waals surface area contributed by atoms with Crippen molar-refractivity contribution < 1.29 is 4.79 Å². The predicted molar refractivity (Wildman–Crippen MR) is 67.5 cm³/mol. The van der Waals surface area contributed by atoms with Crippen LogP contribution in [-0.4, -0.2) is 20.7 Å². The van der Waals surface area contributed by atoms with Gasteiger partial charge in [0.05, 0.1) is 16.4 Å². The Kier molecular flexibility index (Phi) is 3.10. The summed E-state index contributed by atoms with van der Waals surface area (Å²) in [6.07, 6.45) is 3.03. The van der Waals surface area contributed by atoms with Gasteiger partial charge in [-0.3, -0.25) is 9.48 Å². The molecule has 0 atom stereocenters. The van der Waals surface area contributed by atoms with Crippen molar-refractivity contribution in [3.8, 4) is 0 Å². The quantitative estimate of drug-likeness (QED) is 0.877. The van der Waals surface area contributed by atoms with Gasteiger partial charge in [0.1, 0.15) is 11.5 Å². The number of rotatable bonds is 2. The van der Waals surface area contributed by atoms with Gasteiger partial charge in [0.15, 0.2) is 0 Å². The van der Waals surface area contributed by atoms with E-state index in [-0.39, 0.29) is 5.91 Å². The second kappa shape index (κ2) is 4.54. The molecule has 17 heavy (non-hydrogen) atoms. The minimum absolute atomic E-state index is 0.275. The standard InChI is InChI=1S/C10H10BrN5O/c1-16-8(2-3-14-16)10(17)15-9-7(11)4-6(12)5-13-9/h2-5H,12H2,1H3,(H,13,15,17). The molecule has 2 aromatic rings. The largest absolute Gasteiger partial charge is 0.397 e. The molecule has 7 heteroatoms. The summed E-state index contributed by atoms with van der Waals surface area (Å²) >= 11 is 3.28. The Hall–Kier alpha value is -1.89. The molecule has 0 unspecified atom stereocenters. The first-order valence-corrected chi connectivity index (χ1v) is 5.57. The molecule has 0 aliphatic carbocycles. The predicted octanol–water partition coefficient (Wildman–Crippen LogP) is 1.41. The maximum atomic E-state index is 11.9. The SMILES string of the molecule is Cn1nccc1C(=O)Nc1ncc(N)cc1Br. The molecule has 6 nitrogen and oxygen atoms in total. The van der Waals surface area contributed by atoms with Crippen molar-refractivity contribution in [1.82, 2.24) is 14.8 Å². The van der Waals surface area contributed by atoms with Crippen molar-refractivity contribution in [1.29, 1.82) is 0 Å². The van der Waals surface area contributed by atoms with Gasteiger partial charge in [0.25, 0.3) is 5.91 Å². The number of aromatic nitrogens is 3. The minimum Gasteiger partial charge on any atom is -0.397 e. The number of carbonyl (C=O) groups excluding carboxylic acids is 1. The number of hydrogen-bond acceptors (Lipinski definition) is 4. The third kappa shape index (κ3) is 2.44. The lowest BCUT2D eigenvalue weighted by Gasteiger charge is -2.06. The third-order valence-corrected chi connectivity index (χ3v) is 2.75. The van der Waals surface area contributed by atoms with Crippen LogP contribution in [0.5, 0.6) is 0 Å². The number of nitrogens with one attached hydrogen (secondary N) is 1. The highest BCUT2D eigenvalue weighted by atomic mass is 79.9. The molecule has 2 aromatic heterocycles. The molecule has 2 heterocycles. The molecule has 0 fully saturated rings. The molecular formula is C10H10BrN5O. The molecule has 2 rings (SSSR count). The van der Waals surface area contributed by atoms with Gasteiger partial charge in [-0.05, 0) is 28.1 Å². The van der Waals surface area contributed by atoms with Crippen LogP contribution in [0.4, 0.5) is 11.5 Å². The van der Waals surface area contributed by atoms with Crippen molar-refractivity contribution in [3.63, 3.8) is 0 Å². The van der Waals surface area contributed by atoms with Crippen LogP contribution in [0.25, 0.3) is 0 Å². The number of aryl methyl sites for hydroxylation is 1. The number of halogens is 1. The first-order chi connectivity index (χ1) is 8.08. The average Bonchev–Trinajstić information content (AvgIpc) is 2.68. The van der Waals surface area contributed by atoms with E-state index in [4.69, 9.17) is 5.73 Å². The number of pyridine rings is 1. The van der Waals surface area contributed by atoms with Gasteiger partial charge >= 0.3 is 0 Å². The highest BCUT2D eigenvalue weighted by Crippen LogP contribution is 2.22. The maximum absolute atomic E-state index is 11.9. The summed E-state index contributed by atoms with van der Waals surface area (Å²) in [4.78, 5) is 15.9. The lowest BCUT2D eigenvalue weighted by molar-refractivity contribution is 0.101. The van der Waals surface area contributed by atoms with Crippen LogP contribution in [0, 0.1) is 0 Å². The van der Waals surface area contributed by atoms with E-state index in [2.05, 4.69) is 31.3 Å². The zero-order chi connectivity index (χ0) is 12.4. The van der Waals surface area contributed by atoms with Crippen molar-refractivity contribution in [2.75, 3.05) is 11.1 Å². The van der Waals surface area contributed by atoms with E-state index in [0.717, 1.165) is 0 Å². The van der Waals surface area contributed by atoms with Crippen molar-refractivity contribution in [2.24, 2.45) is 7.05 Å². The third-order valence-electron chi connectivity index (χ3n) is 2.15. The number of nitrogens with zero attached hydrogens (tertiary/aromatic N) is 3. The van der Waals surface area contributed by atoms with Crippen LogP contribution in [0.3, 0.4) is 0 Å². The molecule has 0 radical (unpaired) electrons. The molecule has 3 N–H and O–H groups in total. The Labute approximate surface area is 106 Å². The molecule has 88 valence electrons. The molecule has 0 saturated carbocycles. The van der Waals surface area contributed by atoms with Crippen LogP contribution < -0.4 is 11.1 Å². The first-order valence-electron chi connectivity index (χ1n) is 4.78. The number of hydrogen-bond donors (Lipinski definition) is 2. The van der Waals surface area contributed by atoms with E-state index >= 15 is 0 Å². The van der Waals surface area contributed by atoms with Gasteiger partial charge in [0.2, 0.25) is 0 Å². The Balaban J connectivity index is 2.22.